The molecule has 1 saturated heterocycles. The smallest absolute Gasteiger partial charge is 0.0416 e. The number of piperidine rings is 1. The van der Waals surface area contributed by atoms with Crippen LogP contribution in [0.4, 0.5) is 0 Å². The van der Waals surface area contributed by atoms with E-state index in [0.29, 0.717) is 0 Å². The number of aromatic nitrogens is 1. The summed E-state index contributed by atoms with van der Waals surface area (Å²) in [5.41, 5.74) is 1.22. The van der Waals surface area contributed by atoms with Crippen LogP contribution >= 0.6 is 0 Å². The Morgan fingerprint density at radius 3 is 2.68 bits per heavy atom. The molecule has 2 aliphatic rings. The Hall–Kier alpha value is -0.930. The number of nitrogens with one attached hydrogen (secondary N) is 1. The van der Waals surface area contributed by atoms with Gasteiger partial charge in [0.05, 0.1) is 0 Å². The van der Waals surface area contributed by atoms with Crippen molar-refractivity contribution in [2.24, 2.45) is 5.92 Å². The van der Waals surface area contributed by atoms with E-state index in [1.54, 1.807) is 0 Å². The van der Waals surface area contributed by atoms with Gasteiger partial charge in [0, 0.05) is 30.9 Å². The van der Waals surface area contributed by atoms with E-state index < -0.39 is 0 Å². The summed E-state index contributed by atoms with van der Waals surface area (Å²) in [6, 6.07) is 6.97. The molecule has 1 aromatic rings. The average Bonchev–Trinajstić information content (AvgIpc) is 3.29. The number of rotatable bonds is 6. The fraction of sp³-hybridized carbons (Fsp3) is 0.688. The summed E-state index contributed by atoms with van der Waals surface area (Å²) in [5, 5.41) is 3.74. The maximum Gasteiger partial charge on any atom is 0.0416 e. The molecule has 104 valence electrons. The van der Waals surface area contributed by atoms with Gasteiger partial charge in [-0.15, -0.1) is 0 Å². The van der Waals surface area contributed by atoms with Crippen LogP contribution in [0, 0.1) is 5.92 Å². The topological polar surface area (TPSA) is 28.2 Å². The zero-order valence-corrected chi connectivity index (χ0v) is 11.7. The van der Waals surface area contributed by atoms with Crippen molar-refractivity contribution in [1.29, 1.82) is 0 Å². The number of nitrogens with zero attached hydrogens (tertiary/aromatic N) is 2. The number of hydrogen-bond acceptors (Lipinski definition) is 3. The highest BCUT2D eigenvalue weighted by Gasteiger charge is 2.24. The van der Waals surface area contributed by atoms with Crippen molar-refractivity contribution in [3.05, 3.63) is 30.1 Å². The van der Waals surface area contributed by atoms with E-state index in [9.17, 15) is 0 Å². The first kappa shape index (κ1) is 13.1. The molecule has 1 aliphatic carbocycles. The molecule has 3 heteroatoms. The summed E-state index contributed by atoms with van der Waals surface area (Å²) < 4.78 is 0. The molecule has 0 unspecified atom stereocenters. The van der Waals surface area contributed by atoms with Gasteiger partial charge in [-0.1, -0.05) is 6.07 Å². The molecule has 0 atom stereocenters. The van der Waals surface area contributed by atoms with E-state index in [4.69, 9.17) is 0 Å². The summed E-state index contributed by atoms with van der Waals surface area (Å²) in [6.07, 6.45) is 8.51. The first-order chi connectivity index (χ1) is 9.40. The molecule has 0 bridgehead atoms. The lowest BCUT2D eigenvalue weighted by atomic mass is 10.0. The normalized spacial score (nSPS) is 21.7. The average molecular weight is 259 g/mol. The Morgan fingerprint density at radius 1 is 1.16 bits per heavy atom. The van der Waals surface area contributed by atoms with Crippen molar-refractivity contribution < 1.29 is 0 Å². The highest BCUT2D eigenvalue weighted by atomic mass is 15.1. The third kappa shape index (κ3) is 4.29. The van der Waals surface area contributed by atoms with E-state index in [1.165, 1.54) is 51.0 Å². The van der Waals surface area contributed by atoms with Crippen molar-refractivity contribution in [3.63, 3.8) is 0 Å². The molecule has 0 amide bonds. The molecule has 2 fully saturated rings. The third-order valence-corrected chi connectivity index (χ3v) is 4.39. The van der Waals surface area contributed by atoms with E-state index >= 15 is 0 Å². The second kappa shape index (κ2) is 6.49. The van der Waals surface area contributed by atoms with E-state index in [1.807, 2.05) is 12.3 Å². The monoisotopic (exact) mass is 259 g/mol. The van der Waals surface area contributed by atoms with Crippen LogP contribution in [0.5, 0.6) is 0 Å². The van der Waals surface area contributed by atoms with Crippen molar-refractivity contribution >= 4 is 0 Å². The Kier molecular flexibility index (Phi) is 4.46. The molecule has 2 heterocycles. The van der Waals surface area contributed by atoms with Gasteiger partial charge in [0.15, 0.2) is 0 Å². The first-order valence-corrected chi connectivity index (χ1v) is 7.76. The molecule has 0 radical (unpaired) electrons. The van der Waals surface area contributed by atoms with Crippen molar-refractivity contribution in [3.8, 4) is 0 Å². The van der Waals surface area contributed by atoms with Gasteiger partial charge >= 0.3 is 0 Å². The van der Waals surface area contributed by atoms with Crippen LogP contribution in [-0.2, 0) is 6.42 Å². The number of hydrogen-bond donors (Lipinski definition) is 1. The van der Waals surface area contributed by atoms with E-state index in [2.05, 4.69) is 27.3 Å². The van der Waals surface area contributed by atoms with Crippen LogP contribution in [0.25, 0.3) is 0 Å². The van der Waals surface area contributed by atoms with Gasteiger partial charge in [-0.2, -0.15) is 0 Å². The van der Waals surface area contributed by atoms with Gasteiger partial charge in [0.25, 0.3) is 0 Å². The molecule has 0 aromatic carbocycles. The predicted molar refractivity (Wildman–Crippen MR) is 78.1 cm³/mol. The lowest BCUT2D eigenvalue weighted by molar-refractivity contribution is 0.199. The van der Waals surface area contributed by atoms with Crippen LogP contribution in [0.15, 0.2) is 24.4 Å². The molecule has 1 aromatic heterocycles. The fourth-order valence-electron chi connectivity index (χ4n) is 2.83. The summed E-state index contributed by atoms with van der Waals surface area (Å²) in [6.45, 7) is 4.91. The molecular weight excluding hydrogens is 234 g/mol. The highest BCUT2D eigenvalue weighted by molar-refractivity contribution is 5.03. The molecule has 19 heavy (non-hydrogen) atoms. The van der Waals surface area contributed by atoms with Crippen molar-refractivity contribution in [1.82, 2.24) is 15.2 Å². The molecule has 0 spiro atoms. The Morgan fingerprint density at radius 2 is 2.00 bits per heavy atom. The quantitative estimate of drug-likeness (QED) is 0.848. The Bertz CT molecular complexity index is 367. The number of pyridine rings is 1. The lowest BCUT2D eigenvalue weighted by Gasteiger charge is -2.32. The van der Waals surface area contributed by atoms with Crippen LogP contribution in [0.3, 0.4) is 0 Å². The van der Waals surface area contributed by atoms with Crippen molar-refractivity contribution in [2.75, 3.05) is 26.2 Å². The van der Waals surface area contributed by atoms with Gasteiger partial charge in [0.2, 0.25) is 0 Å². The van der Waals surface area contributed by atoms with Crippen LogP contribution in [-0.4, -0.2) is 42.1 Å². The summed E-state index contributed by atoms with van der Waals surface area (Å²) in [5.74, 6) is 1.00. The molecular formula is C16H25N3. The van der Waals surface area contributed by atoms with Crippen LogP contribution in [0.2, 0.25) is 0 Å². The molecule has 1 N–H and O–H groups in total. The lowest BCUT2D eigenvalue weighted by Crippen LogP contribution is -2.43. The van der Waals surface area contributed by atoms with Gasteiger partial charge < -0.3 is 10.2 Å². The minimum absolute atomic E-state index is 0.770. The minimum atomic E-state index is 0.770. The van der Waals surface area contributed by atoms with Crippen LogP contribution < -0.4 is 5.32 Å². The summed E-state index contributed by atoms with van der Waals surface area (Å²) >= 11 is 0. The van der Waals surface area contributed by atoms with Gasteiger partial charge in [0.1, 0.15) is 0 Å². The zero-order valence-electron chi connectivity index (χ0n) is 11.7. The number of likely N-dealkylation sites (tertiary alicyclic amines) is 1. The third-order valence-electron chi connectivity index (χ3n) is 4.39. The molecule has 3 nitrogen and oxygen atoms in total. The minimum Gasteiger partial charge on any atom is -0.314 e. The molecule has 1 aliphatic heterocycles. The van der Waals surface area contributed by atoms with Gasteiger partial charge in [-0.3, -0.25) is 4.98 Å². The van der Waals surface area contributed by atoms with E-state index in [-0.39, 0.29) is 0 Å². The van der Waals surface area contributed by atoms with E-state index in [0.717, 1.165) is 24.9 Å². The maximum absolute atomic E-state index is 4.39. The second-order valence-corrected chi connectivity index (χ2v) is 6.04. The highest BCUT2D eigenvalue weighted by Crippen LogP contribution is 2.28. The fourth-order valence-corrected chi connectivity index (χ4v) is 2.83. The van der Waals surface area contributed by atoms with Gasteiger partial charge in [-0.25, -0.2) is 0 Å². The maximum atomic E-state index is 4.39. The molecule has 3 rings (SSSR count). The zero-order chi connectivity index (χ0) is 12.9. The molecule has 1 saturated carbocycles. The summed E-state index contributed by atoms with van der Waals surface area (Å²) in [7, 11) is 0. The SMILES string of the molecule is c1ccc(CCN2CCC(NCC3CC3)CC2)nc1. The van der Waals surface area contributed by atoms with Crippen molar-refractivity contribution in [2.45, 2.75) is 38.1 Å². The summed E-state index contributed by atoms with van der Waals surface area (Å²) in [4.78, 5) is 6.98. The van der Waals surface area contributed by atoms with Gasteiger partial charge in [-0.05, 0) is 63.4 Å². The standard InChI is InChI=1S/C16H25N3/c1-2-9-17-15(3-1)6-10-19-11-7-16(8-12-19)18-13-14-4-5-14/h1-3,9,14,16,18H,4-8,10-13H2. The largest absolute Gasteiger partial charge is 0.314 e. The van der Waals surface area contributed by atoms with Crippen LogP contribution in [0.1, 0.15) is 31.4 Å². The predicted octanol–water partition coefficient (Wildman–Crippen LogP) is 2.09. The second-order valence-electron chi connectivity index (χ2n) is 6.04. The first-order valence-electron chi connectivity index (χ1n) is 7.76. The Balaban J connectivity index is 1.33. The Labute approximate surface area is 116 Å².